The van der Waals surface area contributed by atoms with E-state index in [-0.39, 0.29) is 16.6 Å². The molecule has 0 saturated carbocycles. The van der Waals surface area contributed by atoms with Crippen LogP contribution in [-0.2, 0) is 10.0 Å². The molecule has 0 bridgehead atoms. The van der Waals surface area contributed by atoms with E-state index in [9.17, 15) is 13.2 Å². The predicted octanol–water partition coefficient (Wildman–Crippen LogP) is 1.63. The molecular weight excluding hydrogens is 276 g/mol. The summed E-state index contributed by atoms with van der Waals surface area (Å²) >= 11 is 5.89. The van der Waals surface area contributed by atoms with Crippen LogP contribution in [0.25, 0.3) is 0 Å². The van der Waals surface area contributed by atoms with E-state index < -0.39 is 10.0 Å². The Kier molecular flexibility index (Phi) is 4.75. The molecule has 2 N–H and O–H groups in total. The number of carbonyl (C=O) groups excluding carboxylic acids is 1. The molecule has 0 aliphatic rings. The van der Waals surface area contributed by atoms with Gasteiger partial charge in [-0.05, 0) is 18.2 Å². The van der Waals surface area contributed by atoms with E-state index in [1.807, 2.05) is 0 Å². The van der Waals surface area contributed by atoms with Gasteiger partial charge in [0, 0.05) is 12.1 Å². The first-order chi connectivity index (χ1) is 8.33. The second-order valence-corrected chi connectivity index (χ2v) is 5.72. The van der Waals surface area contributed by atoms with Gasteiger partial charge in [0.1, 0.15) is 0 Å². The van der Waals surface area contributed by atoms with Gasteiger partial charge in [0.25, 0.3) is 5.91 Å². The second-order valence-electron chi connectivity index (χ2n) is 3.57. The zero-order valence-electron chi connectivity index (χ0n) is 9.73. The number of nitrogens with one attached hydrogen (secondary N) is 2. The third-order valence-corrected chi connectivity index (χ3v) is 2.84. The van der Waals surface area contributed by atoms with Gasteiger partial charge in [0.05, 0.1) is 17.0 Å². The van der Waals surface area contributed by atoms with Crippen molar-refractivity contribution in [3.8, 4) is 0 Å². The van der Waals surface area contributed by atoms with Gasteiger partial charge in [-0.2, -0.15) is 0 Å². The van der Waals surface area contributed by atoms with Gasteiger partial charge >= 0.3 is 0 Å². The fourth-order valence-corrected chi connectivity index (χ4v) is 2.07. The van der Waals surface area contributed by atoms with Crippen LogP contribution in [0.3, 0.4) is 0 Å². The molecule has 18 heavy (non-hydrogen) atoms. The topological polar surface area (TPSA) is 75.3 Å². The minimum atomic E-state index is -3.40. The Balaban J connectivity index is 2.92. The number of benzene rings is 1. The van der Waals surface area contributed by atoms with Gasteiger partial charge < -0.3 is 5.32 Å². The summed E-state index contributed by atoms with van der Waals surface area (Å²) in [5, 5.41) is 2.75. The molecule has 0 fully saturated rings. The van der Waals surface area contributed by atoms with Crippen molar-refractivity contribution < 1.29 is 13.2 Å². The molecule has 0 heterocycles. The van der Waals surface area contributed by atoms with E-state index in [0.29, 0.717) is 12.1 Å². The summed E-state index contributed by atoms with van der Waals surface area (Å²) in [7, 11) is -3.40. The lowest BCUT2D eigenvalue weighted by molar-refractivity contribution is 0.0958. The summed E-state index contributed by atoms with van der Waals surface area (Å²) < 4.78 is 24.4. The lowest BCUT2D eigenvalue weighted by Crippen LogP contribution is -2.23. The summed E-state index contributed by atoms with van der Waals surface area (Å²) in [5.74, 6) is -0.303. The molecular formula is C11H13ClN2O3S. The number of hydrogen-bond donors (Lipinski definition) is 2. The zero-order valence-corrected chi connectivity index (χ0v) is 11.3. The molecule has 1 rings (SSSR count). The number of anilines is 1. The highest BCUT2D eigenvalue weighted by Gasteiger charge is 2.10. The fraction of sp³-hybridized carbons (Fsp3) is 0.182. The smallest absolute Gasteiger partial charge is 0.251 e. The van der Waals surface area contributed by atoms with Gasteiger partial charge in [-0.1, -0.05) is 17.7 Å². The number of hydrogen-bond acceptors (Lipinski definition) is 3. The minimum Gasteiger partial charge on any atom is -0.349 e. The highest BCUT2D eigenvalue weighted by atomic mass is 35.5. The van der Waals surface area contributed by atoms with Crippen LogP contribution in [0.2, 0.25) is 5.02 Å². The predicted molar refractivity (Wildman–Crippen MR) is 72.4 cm³/mol. The number of halogens is 1. The average molecular weight is 289 g/mol. The lowest BCUT2D eigenvalue weighted by Gasteiger charge is -2.08. The van der Waals surface area contributed by atoms with Crippen LogP contribution in [-0.4, -0.2) is 27.1 Å². The van der Waals surface area contributed by atoms with Gasteiger partial charge in [-0.3, -0.25) is 9.52 Å². The molecule has 0 aromatic heterocycles. The minimum absolute atomic E-state index is 0.159. The largest absolute Gasteiger partial charge is 0.349 e. The van der Waals surface area contributed by atoms with Crippen LogP contribution in [0.15, 0.2) is 30.9 Å². The quantitative estimate of drug-likeness (QED) is 0.809. The molecule has 5 nitrogen and oxygen atoms in total. The second kappa shape index (κ2) is 5.88. The third kappa shape index (κ3) is 4.38. The Labute approximate surface area is 111 Å². The van der Waals surface area contributed by atoms with Crippen LogP contribution in [0, 0.1) is 0 Å². The van der Waals surface area contributed by atoms with E-state index in [2.05, 4.69) is 16.6 Å². The maximum absolute atomic E-state index is 11.6. The fourth-order valence-electron chi connectivity index (χ4n) is 1.21. The summed E-state index contributed by atoms with van der Waals surface area (Å²) in [5.41, 5.74) is 0.584. The number of amides is 1. The molecule has 1 aromatic carbocycles. The van der Waals surface area contributed by atoms with E-state index in [1.165, 1.54) is 18.2 Å². The molecule has 98 valence electrons. The van der Waals surface area contributed by atoms with E-state index in [1.54, 1.807) is 6.08 Å². The first kappa shape index (κ1) is 14.5. The highest BCUT2D eigenvalue weighted by molar-refractivity contribution is 7.92. The van der Waals surface area contributed by atoms with Crippen LogP contribution in [0.4, 0.5) is 5.69 Å². The van der Waals surface area contributed by atoms with E-state index >= 15 is 0 Å². The standard InChI is InChI=1S/C11H13ClN2O3S/c1-3-6-13-11(15)8-4-5-10(9(12)7-8)14-18(2,16)17/h3-5,7,14H,1,6H2,2H3,(H,13,15). The molecule has 0 radical (unpaired) electrons. The maximum atomic E-state index is 11.6. The summed E-state index contributed by atoms with van der Waals surface area (Å²) in [4.78, 5) is 11.6. The van der Waals surface area contributed by atoms with Crippen molar-refractivity contribution in [1.29, 1.82) is 0 Å². The average Bonchev–Trinajstić information content (AvgIpc) is 2.27. The van der Waals surface area contributed by atoms with Crippen molar-refractivity contribution in [2.45, 2.75) is 0 Å². The van der Waals surface area contributed by atoms with Crippen molar-refractivity contribution in [2.24, 2.45) is 0 Å². The van der Waals surface area contributed by atoms with Gasteiger partial charge in [0.15, 0.2) is 0 Å². The Morgan fingerprint density at radius 3 is 2.67 bits per heavy atom. The van der Waals surface area contributed by atoms with Crippen molar-refractivity contribution in [3.05, 3.63) is 41.4 Å². The molecule has 0 aliphatic heterocycles. The van der Waals surface area contributed by atoms with Gasteiger partial charge in [-0.15, -0.1) is 6.58 Å². The molecule has 0 unspecified atom stereocenters. The normalized spacial score (nSPS) is 10.8. The lowest BCUT2D eigenvalue weighted by atomic mass is 10.2. The van der Waals surface area contributed by atoms with Crippen molar-refractivity contribution in [2.75, 3.05) is 17.5 Å². The molecule has 1 amide bonds. The SMILES string of the molecule is C=CCNC(=O)c1ccc(NS(C)(=O)=O)c(Cl)c1. The van der Waals surface area contributed by atoms with Gasteiger partial charge in [-0.25, -0.2) is 8.42 Å². The molecule has 1 aromatic rings. The Morgan fingerprint density at radius 1 is 1.50 bits per heavy atom. The summed E-state index contributed by atoms with van der Waals surface area (Å²) in [6, 6.07) is 4.32. The summed E-state index contributed by atoms with van der Waals surface area (Å²) in [6.45, 7) is 3.83. The molecule has 7 heteroatoms. The van der Waals surface area contributed by atoms with Crippen LogP contribution < -0.4 is 10.0 Å². The van der Waals surface area contributed by atoms with Crippen LogP contribution in [0.1, 0.15) is 10.4 Å². The van der Waals surface area contributed by atoms with Crippen LogP contribution >= 0.6 is 11.6 Å². The molecule has 0 spiro atoms. The number of sulfonamides is 1. The Hall–Kier alpha value is -1.53. The van der Waals surface area contributed by atoms with Crippen molar-refractivity contribution >= 4 is 33.2 Å². The number of rotatable bonds is 5. The Morgan fingerprint density at radius 2 is 2.17 bits per heavy atom. The molecule has 0 atom stereocenters. The van der Waals surface area contributed by atoms with Crippen LogP contribution in [0.5, 0.6) is 0 Å². The Bertz CT molecular complexity index is 570. The number of carbonyl (C=O) groups is 1. The molecule has 0 aliphatic carbocycles. The summed E-state index contributed by atoms with van der Waals surface area (Å²) in [6.07, 6.45) is 2.58. The maximum Gasteiger partial charge on any atom is 0.251 e. The highest BCUT2D eigenvalue weighted by Crippen LogP contribution is 2.23. The third-order valence-electron chi connectivity index (χ3n) is 1.93. The van der Waals surface area contributed by atoms with E-state index in [0.717, 1.165) is 6.26 Å². The first-order valence-corrected chi connectivity index (χ1v) is 7.27. The monoisotopic (exact) mass is 288 g/mol. The van der Waals surface area contributed by atoms with Gasteiger partial charge in [0.2, 0.25) is 10.0 Å². The van der Waals surface area contributed by atoms with Crippen molar-refractivity contribution in [3.63, 3.8) is 0 Å². The first-order valence-electron chi connectivity index (χ1n) is 5.00. The zero-order chi connectivity index (χ0) is 13.8. The molecule has 0 saturated heterocycles. The van der Waals surface area contributed by atoms with Crippen molar-refractivity contribution in [1.82, 2.24) is 5.32 Å². The van der Waals surface area contributed by atoms with E-state index in [4.69, 9.17) is 11.6 Å².